The highest BCUT2D eigenvalue weighted by Crippen LogP contribution is 2.31. The van der Waals surface area contributed by atoms with Crippen LogP contribution in [0.2, 0.25) is 0 Å². The van der Waals surface area contributed by atoms with Gasteiger partial charge in [0, 0.05) is 50.2 Å². The number of pyridine rings is 1. The first-order chi connectivity index (χ1) is 16.3. The van der Waals surface area contributed by atoms with Crippen LogP contribution in [0.25, 0.3) is 5.69 Å². The van der Waals surface area contributed by atoms with E-state index in [4.69, 9.17) is 0 Å². The van der Waals surface area contributed by atoms with Crippen LogP contribution in [0.15, 0.2) is 60.9 Å². The summed E-state index contributed by atoms with van der Waals surface area (Å²) in [5, 5.41) is 8.67. The zero-order chi connectivity index (χ0) is 24.1. The van der Waals surface area contributed by atoms with Crippen LogP contribution in [0.3, 0.4) is 0 Å². The van der Waals surface area contributed by atoms with E-state index < -0.39 is 23.3 Å². The molecule has 1 aromatic carbocycles. The quantitative estimate of drug-likeness (QED) is 0.539. The number of benzene rings is 1. The summed E-state index contributed by atoms with van der Waals surface area (Å²) in [6, 6.07) is 13.6. The molecule has 3 aromatic rings. The first-order valence-corrected chi connectivity index (χ1v) is 10.8. The second kappa shape index (κ2) is 9.94. The minimum Gasteiger partial charge on any atom is -0.350 e. The van der Waals surface area contributed by atoms with Crippen molar-refractivity contribution in [3.63, 3.8) is 0 Å². The molecule has 34 heavy (non-hydrogen) atoms. The van der Waals surface area contributed by atoms with Gasteiger partial charge < -0.3 is 15.5 Å². The van der Waals surface area contributed by atoms with Crippen LogP contribution >= 0.6 is 0 Å². The van der Waals surface area contributed by atoms with E-state index >= 15 is 0 Å². The highest BCUT2D eigenvalue weighted by atomic mass is 19.4. The molecule has 0 aliphatic carbocycles. The van der Waals surface area contributed by atoms with E-state index in [1.54, 1.807) is 41.4 Å². The van der Waals surface area contributed by atoms with E-state index in [-0.39, 0.29) is 25.0 Å². The fraction of sp³-hybridized carbons (Fsp3) is 0.304. The molecular formula is C23H23F3N6O2. The van der Waals surface area contributed by atoms with Crippen molar-refractivity contribution in [3.05, 3.63) is 77.9 Å². The number of para-hydroxylation sites is 1. The van der Waals surface area contributed by atoms with Crippen molar-refractivity contribution in [1.29, 1.82) is 0 Å². The first kappa shape index (κ1) is 23.3. The molecule has 0 saturated carbocycles. The summed E-state index contributed by atoms with van der Waals surface area (Å²) in [5.74, 6) is -0.756. The van der Waals surface area contributed by atoms with E-state index in [9.17, 15) is 22.8 Å². The zero-order valence-corrected chi connectivity index (χ0v) is 18.1. The Morgan fingerprint density at radius 3 is 2.47 bits per heavy atom. The number of aromatic nitrogens is 3. The summed E-state index contributed by atoms with van der Waals surface area (Å²) in [5.41, 5.74) is -0.522. The molecular weight excluding hydrogens is 449 g/mol. The number of rotatable bonds is 6. The van der Waals surface area contributed by atoms with Crippen molar-refractivity contribution in [2.24, 2.45) is 0 Å². The Morgan fingerprint density at radius 2 is 1.76 bits per heavy atom. The van der Waals surface area contributed by atoms with Gasteiger partial charge in [-0.2, -0.15) is 18.3 Å². The second-order valence-corrected chi connectivity index (χ2v) is 7.84. The molecule has 1 aliphatic rings. The minimum absolute atomic E-state index is 0.0318. The van der Waals surface area contributed by atoms with Gasteiger partial charge in [0.05, 0.1) is 11.3 Å². The Morgan fingerprint density at radius 1 is 1.03 bits per heavy atom. The van der Waals surface area contributed by atoms with Gasteiger partial charge in [-0.05, 0) is 30.7 Å². The van der Waals surface area contributed by atoms with E-state index in [0.717, 1.165) is 23.0 Å². The van der Waals surface area contributed by atoms with Crippen molar-refractivity contribution in [2.45, 2.75) is 18.5 Å². The lowest BCUT2D eigenvalue weighted by Gasteiger charge is -2.17. The second-order valence-electron chi connectivity index (χ2n) is 7.84. The molecule has 178 valence electrons. The number of hydrogen-bond donors (Lipinski definition) is 2. The van der Waals surface area contributed by atoms with Gasteiger partial charge >= 0.3 is 12.2 Å². The third-order valence-electron chi connectivity index (χ3n) is 5.52. The zero-order valence-electron chi connectivity index (χ0n) is 18.1. The van der Waals surface area contributed by atoms with Crippen LogP contribution in [0.4, 0.5) is 18.0 Å². The number of halogens is 3. The molecule has 1 fully saturated rings. The molecule has 0 bridgehead atoms. The fourth-order valence-electron chi connectivity index (χ4n) is 3.82. The highest BCUT2D eigenvalue weighted by molar-refractivity contribution is 5.95. The van der Waals surface area contributed by atoms with Crippen LogP contribution in [-0.4, -0.2) is 57.8 Å². The summed E-state index contributed by atoms with van der Waals surface area (Å²) >= 11 is 0. The number of alkyl halides is 3. The molecule has 1 atom stereocenters. The predicted octanol–water partition coefficient (Wildman–Crippen LogP) is 3.22. The van der Waals surface area contributed by atoms with E-state index in [0.29, 0.717) is 18.8 Å². The summed E-state index contributed by atoms with van der Waals surface area (Å²) in [7, 11) is 0. The minimum atomic E-state index is -4.79. The number of likely N-dealkylation sites (tertiary alicyclic amines) is 1. The molecule has 8 nitrogen and oxygen atoms in total. The number of carbonyl (C=O) groups excluding carboxylic acids is 2. The number of amides is 3. The molecule has 3 heterocycles. The molecule has 1 unspecified atom stereocenters. The van der Waals surface area contributed by atoms with Gasteiger partial charge in [0.2, 0.25) is 0 Å². The van der Waals surface area contributed by atoms with Crippen LogP contribution < -0.4 is 10.6 Å². The summed E-state index contributed by atoms with van der Waals surface area (Å²) in [4.78, 5) is 30.9. The van der Waals surface area contributed by atoms with Gasteiger partial charge in [-0.1, -0.05) is 24.3 Å². The number of hydrogen-bond acceptors (Lipinski definition) is 4. The van der Waals surface area contributed by atoms with Crippen LogP contribution in [0, 0.1) is 0 Å². The van der Waals surface area contributed by atoms with Crippen LogP contribution in [-0.2, 0) is 6.18 Å². The molecule has 3 amide bonds. The average molecular weight is 472 g/mol. The number of urea groups is 1. The third-order valence-corrected chi connectivity index (χ3v) is 5.52. The van der Waals surface area contributed by atoms with Crippen LogP contribution in [0.5, 0.6) is 0 Å². The average Bonchev–Trinajstić information content (AvgIpc) is 3.51. The molecule has 0 spiro atoms. The maximum Gasteiger partial charge on any atom is 0.435 e. The predicted molar refractivity (Wildman–Crippen MR) is 117 cm³/mol. The molecule has 2 N–H and O–H groups in total. The van der Waals surface area contributed by atoms with Crippen molar-refractivity contribution in [3.8, 4) is 5.69 Å². The molecule has 11 heteroatoms. The molecule has 0 radical (unpaired) electrons. The SMILES string of the molecule is O=C(NCCNC(=O)N1CCC(c2ccccn2)C1)c1cn(-c2ccccc2)nc1C(F)(F)F. The number of nitrogens with one attached hydrogen (secondary N) is 2. The fourth-order valence-corrected chi connectivity index (χ4v) is 3.82. The smallest absolute Gasteiger partial charge is 0.350 e. The molecule has 4 rings (SSSR count). The third kappa shape index (κ3) is 5.36. The molecule has 1 aliphatic heterocycles. The normalized spacial score (nSPS) is 15.9. The van der Waals surface area contributed by atoms with Crippen molar-refractivity contribution in [2.75, 3.05) is 26.2 Å². The first-order valence-electron chi connectivity index (χ1n) is 10.8. The lowest BCUT2D eigenvalue weighted by molar-refractivity contribution is -0.141. The Kier molecular flexibility index (Phi) is 6.80. The van der Waals surface area contributed by atoms with E-state index in [1.807, 2.05) is 18.2 Å². The van der Waals surface area contributed by atoms with Gasteiger partial charge in [0.25, 0.3) is 5.91 Å². The van der Waals surface area contributed by atoms with Gasteiger partial charge in [-0.3, -0.25) is 9.78 Å². The van der Waals surface area contributed by atoms with E-state index in [2.05, 4.69) is 20.7 Å². The van der Waals surface area contributed by atoms with Gasteiger partial charge in [-0.15, -0.1) is 0 Å². The van der Waals surface area contributed by atoms with Gasteiger partial charge in [-0.25, -0.2) is 9.48 Å². The van der Waals surface area contributed by atoms with Crippen molar-refractivity contribution in [1.82, 2.24) is 30.3 Å². The molecule has 2 aromatic heterocycles. The summed E-state index contributed by atoms with van der Waals surface area (Å²) < 4.78 is 41.3. The van der Waals surface area contributed by atoms with Gasteiger partial charge in [0.15, 0.2) is 5.69 Å². The maximum atomic E-state index is 13.4. The number of carbonyl (C=O) groups is 2. The lowest BCUT2D eigenvalue weighted by atomic mass is 10.0. The Labute approximate surface area is 193 Å². The lowest BCUT2D eigenvalue weighted by Crippen LogP contribution is -2.42. The van der Waals surface area contributed by atoms with Crippen molar-refractivity contribution >= 4 is 11.9 Å². The van der Waals surface area contributed by atoms with Crippen LogP contribution in [0.1, 0.15) is 34.1 Å². The Balaban J connectivity index is 1.30. The van der Waals surface area contributed by atoms with E-state index in [1.165, 1.54) is 0 Å². The number of nitrogens with zero attached hydrogens (tertiary/aromatic N) is 4. The summed E-state index contributed by atoms with van der Waals surface area (Å²) in [6.45, 7) is 1.15. The monoisotopic (exact) mass is 472 g/mol. The topological polar surface area (TPSA) is 92.2 Å². The summed E-state index contributed by atoms with van der Waals surface area (Å²) in [6.07, 6.45) is -1.23. The maximum absolute atomic E-state index is 13.4. The Bertz CT molecular complexity index is 1130. The standard InChI is InChI=1S/C23H23F3N6O2/c24-23(25,26)20-18(15-32(30-20)17-6-2-1-3-7-17)21(33)28-11-12-29-22(34)31-13-9-16(14-31)19-8-4-5-10-27-19/h1-8,10,15-16H,9,11-14H2,(H,28,33)(H,29,34). The largest absolute Gasteiger partial charge is 0.435 e. The Hall–Kier alpha value is -3.89. The van der Waals surface area contributed by atoms with Crippen molar-refractivity contribution < 1.29 is 22.8 Å². The molecule has 1 saturated heterocycles. The highest BCUT2D eigenvalue weighted by Gasteiger charge is 2.39. The van der Waals surface area contributed by atoms with Gasteiger partial charge in [0.1, 0.15) is 0 Å².